The van der Waals surface area contributed by atoms with Gasteiger partial charge in [-0.1, -0.05) is 12.1 Å². The van der Waals surface area contributed by atoms with E-state index in [-0.39, 0.29) is 18.3 Å². The van der Waals surface area contributed by atoms with Crippen LogP contribution in [0.5, 0.6) is 0 Å². The first-order valence-corrected chi connectivity index (χ1v) is 9.63. The van der Waals surface area contributed by atoms with Crippen molar-refractivity contribution in [3.8, 4) is 0 Å². The van der Waals surface area contributed by atoms with Crippen LogP contribution in [0.15, 0.2) is 52.9 Å². The number of aliphatic hydroxyl groups excluding tert-OH is 1. The Morgan fingerprint density at radius 3 is 2.75 bits per heavy atom. The molecule has 1 atom stereocenters. The average molecular weight is 381 g/mol. The molecule has 1 fully saturated rings. The lowest BCUT2D eigenvalue weighted by Gasteiger charge is -2.42. The Morgan fingerprint density at radius 1 is 1.21 bits per heavy atom. The number of fused-ring (bicyclic) bond motifs is 1. The molecule has 3 aromatic rings. The predicted octanol–water partition coefficient (Wildman–Crippen LogP) is 4.34. The number of carbonyl (C=O) groups is 1. The van der Waals surface area contributed by atoms with Gasteiger partial charge in [0.05, 0.1) is 6.61 Å². The number of carbonyl (C=O) groups excluding carboxylic acids is 1. The summed E-state index contributed by atoms with van der Waals surface area (Å²) >= 11 is 0. The van der Waals surface area contributed by atoms with E-state index >= 15 is 0 Å². The van der Waals surface area contributed by atoms with Crippen LogP contribution < -0.4 is 0 Å². The third kappa shape index (κ3) is 3.67. The van der Waals surface area contributed by atoms with E-state index in [4.69, 9.17) is 4.42 Å². The highest BCUT2D eigenvalue weighted by Crippen LogP contribution is 2.34. The lowest BCUT2D eigenvalue weighted by molar-refractivity contribution is 0.0272. The fourth-order valence-corrected chi connectivity index (χ4v) is 4.24. The average Bonchev–Trinajstić information content (AvgIpc) is 3.08. The summed E-state index contributed by atoms with van der Waals surface area (Å²) in [6.07, 6.45) is 2.29. The molecule has 1 amide bonds. The maximum Gasteiger partial charge on any atom is 0.253 e. The van der Waals surface area contributed by atoms with E-state index in [9.17, 15) is 14.3 Å². The van der Waals surface area contributed by atoms with E-state index in [1.807, 2.05) is 30.0 Å². The molecular formula is C23H24FNO3. The highest BCUT2D eigenvalue weighted by atomic mass is 19.1. The number of aliphatic hydroxyl groups is 1. The summed E-state index contributed by atoms with van der Waals surface area (Å²) in [6.45, 7) is 3.04. The van der Waals surface area contributed by atoms with Crippen molar-refractivity contribution in [3.05, 3.63) is 71.2 Å². The van der Waals surface area contributed by atoms with Crippen LogP contribution >= 0.6 is 0 Å². The second kappa shape index (κ2) is 7.40. The van der Waals surface area contributed by atoms with Gasteiger partial charge in [-0.2, -0.15) is 0 Å². The van der Waals surface area contributed by atoms with Gasteiger partial charge in [-0.05, 0) is 68.1 Å². The first-order valence-electron chi connectivity index (χ1n) is 9.63. The molecule has 2 aromatic carbocycles. The van der Waals surface area contributed by atoms with Gasteiger partial charge >= 0.3 is 0 Å². The normalized spacial score (nSPS) is 19.9. The third-order valence-corrected chi connectivity index (χ3v) is 5.66. The molecule has 0 aliphatic carbocycles. The Balaban J connectivity index is 1.55. The molecule has 1 unspecified atom stereocenters. The molecule has 0 spiro atoms. The van der Waals surface area contributed by atoms with Crippen molar-refractivity contribution in [2.75, 3.05) is 19.7 Å². The van der Waals surface area contributed by atoms with Gasteiger partial charge < -0.3 is 14.4 Å². The zero-order valence-corrected chi connectivity index (χ0v) is 16.0. The van der Waals surface area contributed by atoms with Crippen molar-refractivity contribution in [2.24, 2.45) is 5.41 Å². The molecule has 4 rings (SSSR count). The first kappa shape index (κ1) is 18.7. The Hall–Kier alpha value is -2.66. The number of rotatable bonds is 4. The number of hydrogen-bond acceptors (Lipinski definition) is 3. The molecule has 5 heteroatoms. The summed E-state index contributed by atoms with van der Waals surface area (Å²) in [5.74, 6) is 0.515. The van der Waals surface area contributed by atoms with E-state index in [0.29, 0.717) is 25.1 Å². The van der Waals surface area contributed by atoms with E-state index < -0.39 is 5.41 Å². The minimum absolute atomic E-state index is 0.00584. The SMILES string of the molecule is Cc1cc2cc(C(=O)N3CCCC(CO)(Cc4ccc(F)cc4)C3)ccc2o1. The molecule has 1 saturated heterocycles. The molecular weight excluding hydrogens is 357 g/mol. The molecule has 1 N–H and O–H groups in total. The van der Waals surface area contributed by atoms with Crippen molar-refractivity contribution in [3.63, 3.8) is 0 Å². The van der Waals surface area contributed by atoms with Gasteiger partial charge in [0.2, 0.25) is 0 Å². The van der Waals surface area contributed by atoms with Gasteiger partial charge in [0, 0.05) is 29.5 Å². The number of benzene rings is 2. The van der Waals surface area contributed by atoms with Crippen LogP contribution in [0, 0.1) is 18.2 Å². The summed E-state index contributed by atoms with van der Waals surface area (Å²) in [4.78, 5) is 14.9. The van der Waals surface area contributed by atoms with Crippen molar-refractivity contribution >= 4 is 16.9 Å². The van der Waals surface area contributed by atoms with Crippen LogP contribution in [-0.2, 0) is 6.42 Å². The third-order valence-electron chi connectivity index (χ3n) is 5.66. The topological polar surface area (TPSA) is 53.7 Å². The number of piperidine rings is 1. The first-order chi connectivity index (χ1) is 13.5. The highest BCUT2D eigenvalue weighted by Gasteiger charge is 2.37. The monoisotopic (exact) mass is 381 g/mol. The smallest absolute Gasteiger partial charge is 0.253 e. The molecule has 0 radical (unpaired) electrons. The van der Waals surface area contributed by atoms with Gasteiger partial charge in [-0.15, -0.1) is 0 Å². The van der Waals surface area contributed by atoms with Gasteiger partial charge in [0.15, 0.2) is 0 Å². The summed E-state index contributed by atoms with van der Waals surface area (Å²) in [5.41, 5.74) is 1.97. The molecule has 4 nitrogen and oxygen atoms in total. The zero-order valence-electron chi connectivity index (χ0n) is 16.0. The number of halogens is 1. The standard InChI is InChI=1S/C23H24FNO3/c1-16-11-19-12-18(5-8-21(19)28-16)22(27)25-10-2-9-23(14-25,15-26)13-17-3-6-20(24)7-4-17/h3-8,11-12,26H,2,9-10,13-15H2,1H3. The van der Waals surface area contributed by atoms with E-state index in [1.165, 1.54) is 12.1 Å². The molecule has 1 aromatic heterocycles. The fraction of sp³-hybridized carbons (Fsp3) is 0.348. The Labute approximate surface area is 163 Å². The molecule has 146 valence electrons. The van der Waals surface area contributed by atoms with E-state index in [2.05, 4.69) is 0 Å². The highest BCUT2D eigenvalue weighted by molar-refractivity contribution is 5.98. The number of likely N-dealkylation sites (tertiary alicyclic amines) is 1. The van der Waals surface area contributed by atoms with Crippen LogP contribution in [0.4, 0.5) is 4.39 Å². The minimum Gasteiger partial charge on any atom is -0.461 e. The summed E-state index contributed by atoms with van der Waals surface area (Å²) in [6, 6.07) is 13.8. The van der Waals surface area contributed by atoms with E-state index in [0.717, 1.165) is 35.1 Å². The lowest BCUT2D eigenvalue weighted by atomic mass is 9.75. The molecule has 2 heterocycles. The van der Waals surface area contributed by atoms with E-state index in [1.54, 1.807) is 18.2 Å². The molecule has 0 saturated carbocycles. The van der Waals surface area contributed by atoms with Crippen LogP contribution in [0.25, 0.3) is 11.0 Å². The largest absolute Gasteiger partial charge is 0.461 e. The summed E-state index contributed by atoms with van der Waals surface area (Å²) in [7, 11) is 0. The summed E-state index contributed by atoms with van der Waals surface area (Å²) in [5, 5.41) is 11.1. The molecule has 1 aliphatic heterocycles. The van der Waals surface area contributed by atoms with Crippen molar-refractivity contribution in [1.29, 1.82) is 0 Å². The number of amides is 1. The Kier molecular flexibility index (Phi) is 4.94. The number of hydrogen-bond donors (Lipinski definition) is 1. The Morgan fingerprint density at radius 2 is 2.00 bits per heavy atom. The molecule has 1 aliphatic rings. The number of aryl methyl sites for hydroxylation is 1. The second-order valence-electron chi connectivity index (χ2n) is 7.90. The van der Waals surface area contributed by atoms with Crippen LogP contribution in [-0.4, -0.2) is 35.6 Å². The summed E-state index contributed by atoms with van der Waals surface area (Å²) < 4.78 is 18.8. The van der Waals surface area contributed by atoms with Crippen molar-refractivity contribution in [2.45, 2.75) is 26.2 Å². The Bertz CT molecular complexity index is 995. The number of furan rings is 1. The fourth-order valence-electron chi connectivity index (χ4n) is 4.24. The maximum absolute atomic E-state index is 13.2. The van der Waals surface area contributed by atoms with Crippen LogP contribution in [0.3, 0.4) is 0 Å². The lowest BCUT2D eigenvalue weighted by Crippen LogP contribution is -2.49. The second-order valence-corrected chi connectivity index (χ2v) is 7.90. The number of nitrogens with zero attached hydrogens (tertiary/aromatic N) is 1. The maximum atomic E-state index is 13.2. The van der Waals surface area contributed by atoms with Gasteiger partial charge in [-0.25, -0.2) is 4.39 Å². The zero-order chi connectivity index (χ0) is 19.7. The molecule has 0 bridgehead atoms. The predicted molar refractivity (Wildman–Crippen MR) is 106 cm³/mol. The van der Waals surface area contributed by atoms with Gasteiger partial charge in [0.1, 0.15) is 17.2 Å². The van der Waals surface area contributed by atoms with Crippen molar-refractivity contribution in [1.82, 2.24) is 4.90 Å². The van der Waals surface area contributed by atoms with Crippen molar-refractivity contribution < 1.29 is 18.7 Å². The van der Waals surface area contributed by atoms with Gasteiger partial charge in [-0.3, -0.25) is 4.79 Å². The quantitative estimate of drug-likeness (QED) is 0.732. The van der Waals surface area contributed by atoms with Crippen LogP contribution in [0.1, 0.15) is 34.5 Å². The van der Waals surface area contributed by atoms with Crippen LogP contribution in [0.2, 0.25) is 0 Å². The minimum atomic E-state index is -0.401. The molecule has 28 heavy (non-hydrogen) atoms. The van der Waals surface area contributed by atoms with Gasteiger partial charge in [0.25, 0.3) is 5.91 Å².